The lowest BCUT2D eigenvalue weighted by Gasteiger charge is -2.42. The second kappa shape index (κ2) is 25.7. The highest BCUT2D eigenvalue weighted by atomic mass is 16.6. The van der Waals surface area contributed by atoms with Crippen molar-refractivity contribution >= 4 is 29.2 Å². The van der Waals surface area contributed by atoms with Gasteiger partial charge < -0.3 is 38.8 Å². The SMILES string of the molecule is CO[C@H]1C[C@H]2CC[C@@H](C)[C@](O)(O2)C(=O)C(=O)N2CCCC[C@H]2C(=O)O[C@H]([C@H](C)C[C@@H]2CC[C@H](n3cnnn3)[C@@H](OC)C2)CC(=O)[C@H](C)/C=C(/C)[C@@H](O)[C@@H](OC)C(=O)[C@H](C)C[C@H](C)/C=C/C=C/C=C\1C. The predicted octanol–water partition coefficient (Wildman–Crippen LogP) is 6.05. The molecule has 3 aliphatic heterocycles. The van der Waals surface area contributed by atoms with E-state index in [4.69, 9.17) is 23.7 Å². The zero-order chi connectivity index (χ0) is 50.6. The van der Waals surface area contributed by atoms with Crippen molar-refractivity contribution in [3.05, 3.63) is 53.9 Å². The standard InChI is InChI=1S/C52H79N5O12/c1-31-16-12-11-13-17-32(2)43(65-8)28-39-21-19-37(7)52(64,69-39)49(61)50(62)56-23-15-14-18-41(56)51(63)68-44(34(4)26-38-20-22-40(45(27-38)66-9)57-30-53-54-55-57)29-42(58)33(3)25-36(6)47(60)48(67-10)46(59)35(5)24-31/h11-13,16-17,25,30-31,33-35,37-41,43-45,47-48,60,64H,14-15,18-24,26-29H2,1-10H3/b13-11+,16-12+,32-17-,36-25-/t31-,33-,34-,35-,37-,38+,39-,40+,41+,43+,44+,45+,47-,48+,52+/m1/s1. The number of hydrogen-bond acceptors (Lipinski definition) is 15. The van der Waals surface area contributed by atoms with E-state index in [0.29, 0.717) is 56.9 Å². The summed E-state index contributed by atoms with van der Waals surface area (Å²) in [6, 6.07) is -1.19. The number of cyclic esters (lactones) is 1. The lowest BCUT2D eigenvalue weighted by atomic mass is 9.77. The number of carbonyl (C=O) groups is 5. The maximum Gasteiger partial charge on any atom is 0.329 e. The Balaban J connectivity index is 1.46. The summed E-state index contributed by atoms with van der Waals surface area (Å²) in [7, 11) is 4.62. The minimum Gasteiger partial charge on any atom is -0.460 e. The van der Waals surface area contributed by atoms with Gasteiger partial charge >= 0.3 is 5.97 Å². The molecule has 5 rings (SSSR count). The zero-order valence-corrected chi connectivity index (χ0v) is 42.5. The molecule has 2 saturated heterocycles. The van der Waals surface area contributed by atoms with Crippen LogP contribution < -0.4 is 0 Å². The van der Waals surface area contributed by atoms with Crippen molar-refractivity contribution in [3.8, 4) is 0 Å². The number of aromatic nitrogens is 4. The van der Waals surface area contributed by atoms with Crippen molar-refractivity contribution in [2.24, 2.45) is 35.5 Å². The number of ether oxygens (including phenoxy) is 5. The van der Waals surface area contributed by atoms with Gasteiger partial charge in [-0.05, 0) is 117 Å². The summed E-state index contributed by atoms with van der Waals surface area (Å²) in [6.45, 7) is 12.8. The molecule has 0 aromatic carbocycles. The summed E-state index contributed by atoms with van der Waals surface area (Å²) >= 11 is 0. The number of esters is 1. The van der Waals surface area contributed by atoms with Crippen LogP contribution in [0.5, 0.6) is 0 Å². The van der Waals surface area contributed by atoms with Gasteiger partial charge in [0.1, 0.15) is 36.5 Å². The smallest absolute Gasteiger partial charge is 0.329 e. The fourth-order valence-electron chi connectivity index (χ4n) is 10.7. The van der Waals surface area contributed by atoms with Crippen molar-refractivity contribution in [1.29, 1.82) is 0 Å². The number of ketones is 3. The number of hydrogen-bond donors (Lipinski definition) is 2. The fraction of sp³-hybridized carbons (Fsp3) is 0.731. The van der Waals surface area contributed by atoms with Gasteiger partial charge in [-0.2, -0.15) is 0 Å². The van der Waals surface area contributed by atoms with E-state index < -0.39 is 77.8 Å². The third-order valence-electron chi connectivity index (χ3n) is 15.2. The van der Waals surface area contributed by atoms with E-state index in [1.165, 1.54) is 12.0 Å². The Morgan fingerprint density at radius 3 is 2.32 bits per heavy atom. The topological polar surface area (TPSA) is 219 Å². The predicted molar refractivity (Wildman–Crippen MR) is 256 cm³/mol. The maximum atomic E-state index is 14.5. The van der Waals surface area contributed by atoms with E-state index in [0.717, 1.165) is 18.4 Å². The van der Waals surface area contributed by atoms with Crippen LogP contribution in [-0.2, 0) is 47.7 Å². The molecule has 384 valence electrons. The minimum absolute atomic E-state index is 0.0170. The molecule has 0 spiro atoms. The Hall–Kier alpha value is -4.26. The lowest BCUT2D eigenvalue weighted by molar-refractivity contribution is -0.265. The van der Waals surface area contributed by atoms with Gasteiger partial charge in [-0.1, -0.05) is 71.1 Å². The third-order valence-corrected chi connectivity index (χ3v) is 15.2. The first kappa shape index (κ1) is 55.7. The minimum atomic E-state index is -2.43. The number of amides is 1. The van der Waals surface area contributed by atoms with Crippen LogP contribution in [0.4, 0.5) is 0 Å². The number of aliphatic hydroxyl groups excluding tert-OH is 1. The van der Waals surface area contributed by atoms with Gasteiger partial charge in [0, 0.05) is 58.5 Å². The second-order valence-electron chi connectivity index (χ2n) is 20.4. The van der Waals surface area contributed by atoms with Gasteiger partial charge in [-0.3, -0.25) is 19.2 Å². The molecule has 0 radical (unpaired) electrons. The summed E-state index contributed by atoms with van der Waals surface area (Å²) in [4.78, 5) is 72.3. The number of tetrazole rings is 1. The Kier molecular flexibility index (Phi) is 20.8. The second-order valence-corrected chi connectivity index (χ2v) is 20.4. The number of Topliss-reactive ketones (excluding diaryl/α,β-unsaturated/α-hetero) is 3. The molecule has 15 atom stereocenters. The number of piperidine rings is 1. The average molecular weight is 966 g/mol. The molecule has 1 aliphatic carbocycles. The number of fused-ring (bicyclic) bond motifs is 3. The van der Waals surface area contributed by atoms with Crippen LogP contribution in [0.15, 0.2) is 53.9 Å². The van der Waals surface area contributed by atoms with Crippen LogP contribution in [0.1, 0.15) is 132 Å². The van der Waals surface area contributed by atoms with Gasteiger partial charge in [0.25, 0.3) is 11.7 Å². The highest BCUT2D eigenvalue weighted by Gasteiger charge is 2.53. The highest BCUT2D eigenvalue weighted by molar-refractivity contribution is 6.39. The summed E-state index contributed by atoms with van der Waals surface area (Å²) < 4.78 is 31.6. The molecular formula is C52H79N5O12. The first-order chi connectivity index (χ1) is 32.8. The third kappa shape index (κ3) is 14.2. The van der Waals surface area contributed by atoms with Crippen LogP contribution >= 0.6 is 0 Å². The van der Waals surface area contributed by atoms with Crippen LogP contribution in [0.25, 0.3) is 0 Å². The molecule has 4 aliphatic rings. The number of allylic oxidation sites excluding steroid dienone is 6. The first-order valence-corrected chi connectivity index (χ1v) is 25.0. The van der Waals surface area contributed by atoms with Crippen LogP contribution in [0, 0.1) is 35.5 Å². The molecule has 2 N–H and O–H groups in total. The van der Waals surface area contributed by atoms with E-state index in [9.17, 15) is 34.2 Å². The van der Waals surface area contributed by atoms with Gasteiger partial charge in [0.05, 0.1) is 24.4 Å². The van der Waals surface area contributed by atoms with E-state index in [1.54, 1.807) is 52.1 Å². The molecule has 1 amide bonds. The quantitative estimate of drug-likeness (QED) is 0.181. The van der Waals surface area contributed by atoms with Gasteiger partial charge in [-0.15, -0.1) is 5.10 Å². The van der Waals surface area contributed by atoms with Gasteiger partial charge in [0.15, 0.2) is 5.78 Å². The summed E-state index contributed by atoms with van der Waals surface area (Å²) in [5, 5.41) is 35.2. The van der Waals surface area contributed by atoms with E-state index >= 15 is 0 Å². The molecule has 0 unspecified atom stereocenters. The number of aliphatic hydroxyl groups is 2. The maximum absolute atomic E-state index is 14.5. The van der Waals surface area contributed by atoms with Crippen molar-refractivity contribution < 1.29 is 57.9 Å². The monoisotopic (exact) mass is 966 g/mol. The number of carbonyl (C=O) groups excluding carboxylic acids is 5. The first-order valence-electron chi connectivity index (χ1n) is 25.0. The van der Waals surface area contributed by atoms with Crippen LogP contribution in [-0.4, -0.2) is 141 Å². The van der Waals surface area contributed by atoms with Crippen molar-refractivity contribution in [1.82, 2.24) is 25.1 Å². The fourth-order valence-corrected chi connectivity index (χ4v) is 10.7. The Labute approximate surface area is 408 Å². The summed E-state index contributed by atoms with van der Waals surface area (Å²) in [5.41, 5.74) is 1.27. The Bertz CT molecular complexity index is 2020. The molecule has 69 heavy (non-hydrogen) atoms. The van der Waals surface area contributed by atoms with Crippen molar-refractivity contribution in [3.63, 3.8) is 0 Å². The average Bonchev–Trinajstić information content (AvgIpc) is 3.88. The Morgan fingerprint density at radius 1 is 0.884 bits per heavy atom. The van der Waals surface area contributed by atoms with E-state index in [2.05, 4.69) is 15.5 Å². The van der Waals surface area contributed by atoms with Gasteiger partial charge in [0.2, 0.25) is 5.79 Å². The van der Waals surface area contributed by atoms with Crippen molar-refractivity contribution in [2.45, 2.75) is 180 Å². The summed E-state index contributed by atoms with van der Waals surface area (Å²) in [6.07, 6.45) is 13.9. The van der Waals surface area contributed by atoms with E-state index in [-0.39, 0.29) is 60.9 Å². The van der Waals surface area contributed by atoms with Crippen LogP contribution in [0.2, 0.25) is 0 Å². The van der Waals surface area contributed by atoms with Gasteiger partial charge in [-0.25, -0.2) is 9.48 Å². The Morgan fingerprint density at radius 2 is 1.64 bits per heavy atom. The van der Waals surface area contributed by atoms with Crippen LogP contribution in [0.3, 0.4) is 0 Å². The summed E-state index contributed by atoms with van der Waals surface area (Å²) in [5.74, 6) is -7.92. The highest BCUT2D eigenvalue weighted by Crippen LogP contribution is 2.39. The largest absolute Gasteiger partial charge is 0.460 e. The van der Waals surface area contributed by atoms with Crippen molar-refractivity contribution in [2.75, 3.05) is 27.9 Å². The number of rotatable bonds is 7. The molecule has 17 nitrogen and oxygen atoms in total. The molecule has 3 fully saturated rings. The molecule has 1 saturated carbocycles. The molecule has 1 aromatic heterocycles. The van der Waals surface area contributed by atoms with E-state index in [1.807, 2.05) is 58.1 Å². The lowest BCUT2D eigenvalue weighted by Crippen LogP contribution is -2.61. The molecule has 2 bridgehead atoms. The number of nitrogens with zero attached hydrogens (tertiary/aromatic N) is 5. The molecule has 17 heteroatoms. The zero-order valence-electron chi connectivity index (χ0n) is 42.5. The molecular weight excluding hydrogens is 887 g/mol. The molecule has 1 aromatic rings. The normalized spacial score (nSPS) is 38.8. The molecule has 4 heterocycles. The number of methoxy groups -OCH3 is 3.